The van der Waals surface area contributed by atoms with Crippen LogP contribution in [-0.2, 0) is 4.79 Å². The number of carbonyl (C=O) groups is 1. The van der Waals surface area contributed by atoms with Crippen LogP contribution in [-0.4, -0.2) is 29.1 Å². The Morgan fingerprint density at radius 1 is 1.44 bits per heavy atom. The molecule has 0 saturated heterocycles. The number of carboxylic acid groups (broad SMARTS) is 1. The second-order valence-corrected chi connectivity index (χ2v) is 3.29. The van der Waals surface area contributed by atoms with E-state index >= 15 is 0 Å². The minimum absolute atomic E-state index is 0.790. The Bertz CT molecular complexity index is 367. The van der Waals surface area contributed by atoms with Crippen LogP contribution in [0.5, 0.6) is 0 Å². The lowest BCUT2D eigenvalue weighted by Gasteiger charge is -2.19. The number of carboxylic acids is 1. The molecule has 0 saturated carbocycles. The van der Waals surface area contributed by atoms with E-state index in [1.165, 1.54) is 6.08 Å². The van der Waals surface area contributed by atoms with Crippen molar-refractivity contribution >= 4 is 17.9 Å². The van der Waals surface area contributed by atoms with Gasteiger partial charge in [0.05, 0.1) is 0 Å². The van der Waals surface area contributed by atoms with E-state index < -0.39 is 5.97 Å². The van der Waals surface area contributed by atoms with Gasteiger partial charge in [-0.3, -0.25) is 0 Å². The first kappa shape index (κ1) is 12.2. The molecule has 0 bridgehead atoms. The second-order valence-electron chi connectivity index (χ2n) is 3.29. The zero-order valence-electron chi connectivity index (χ0n) is 9.55. The van der Waals surface area contributed by atoms with E-state index in [1.54, 1.807) is 6.20 Å². The maximum absolute atomic E-state index is 10.3. The SMILES string of the molecule is CCN(CC)c1ccc(/C=C/C(=O)O)cn1. The van der Waals surface area contributed by atoms with Crippen molar-refractivity contribution in [3.8, 4) is 0 Å². The molecule has 0 amide bonds. The molecule has 0 aliphatic carbocycles. The number of anilines is 1. The van der Waals surface area contributed by atoms with Gasteiger partial charge >= 0.3 is 5.97 Å². The molecule has 0 aliphatic heterocycles. The third kappa shape index (κ3) is 3.38. The molecule has 1 aromatic rings. The highest BCUT2D eigenvalue weighted by molar-refractivity contribution is 5.85. The number of hydrogen-bond acceptors (Lipinski definition) is 3. The predicted molar refractivity (Wildman–Crippen MR) is 64.5 cm³/mol. The molecule has 0 unspecified atom stereocenters. The highest BCUT2D eigenvalue weighted by Gasteiger charge is 2.01. The first-order valence-corrected chi connectivity index (χ1v) is 5.29. The standard InChI is InChI=1S/C12H16N2O2/c1-3-14(4-2)11-7-5-10(9-13-11)6-8-12(15)16/h5-9H,3-4H2,1-2H3,(H,15,16)/b8-6+. The van der Waals surface area contributed by atoms with E-state index in [1.807, 2.05) is 12.1 Å². The van der Waals surface area contributed by atoms with Crippen LogP contribution >= 0.6 is 0 Å². The van der Waals surface area contributed by atoms with E-state index in [-0.39, 0.29) is 0 Å². The average Bonchev–Trinajstić information content (AvgIpc) is 2.29. The van der Waals surface area contributed by atoms with E-state index in [2.05, 4.69) is 23.7 Å². The van der Waals surface area contributed by atoms with Gasteiger partial charge in [-0.1, -0.05) is 0 Å². The van der Waals surface area contributed by atoms with Gasteiger partial charge in [0.1, 0.15) is 5.82 Å². The number of nitrogens with zero attached hydrogens (tertiary/aromatic N) is 2. The van der Waals surface area contributed by atoms with Crippen LogP contribution in [0.4, 0.5) is 5.82 Å². The molecule has 0 aliphatic rings. The van der Waals surface area contributed by atoms with Crippen molar-refractivity contribution in [2.75, 3.05) is 18.0 Å². The summed E-state index contributed by atoms with van der Waals surface area (Å²) < 4.78 is 0. The van der Waals surface area contributed by atoms with Crippen molar-refractivity contribution < 1.29 is 9.90 Å². The third-order valence-electron chi connectivity index (χ3n) is 2.28. The first-order valence-electron chi connectivity index (χ1n) is 5.29. The maximum atomic E-state index is 10.3. The van der Waals surface area contributed by atoms with Crippen molar-refractivity contribution in [2.45, 2.75) is 13.8 Å². The van der Waals surface area contributed by atoms with E-state index in [0.29, 0.717) is 0 Å². The van der Waals surface area contributed by atoms with Crippen molar-refractivity contribution in [1.82, 2.24) is 4.98 Å². The molecule has 1 rings (SSSR count). The van der Waals surface area contributed by atoms with Crippen LogP contribution < -0.4 is 4.90 Å². The van der Waals surface area contributed by atoms with E-state index in [0.717, 1.165) is 30.5 Å². The maximum Gasteiger partial charge on any atom is 0.328 e. The van der Waals surface area contributed by atoms with Gasteiger partial charge in [0.25, 0.3) is 0 Å². The lowest BCUT2D eigenvalue weighted by Crippen LogP contribution is -2.22. The fourth-order valence-corrected chi connectivity index (χ4v) is 1.40. The van der Waals surface area contributed by atoms with Crippen LogP contribution in [0.3, 0.4) is 0 Å². The van der Waals surface area contributed by atoms with Crippen LogP contribution in [0.1, 0.15) is 19.4 Å². The molecule has 0 spiro atoms. The smallest absolute Gasteiger partial charge is 0.328 e. The molecule has 1 N–H and O–H groups in total. The molecule has 0 radical (unpaired) electrons. The van der Waals surface area contributed by atoms with Crippen molar-refractivity contribution in [1.29, 1.82) is 0 Å². The molecule has 4 nitrogen and oxygen atoms in total. The van der Waals surface area contributed by atoms with Gasteiger partial charge in [-0.15, -0.1) is 0 Å². The zero-order valence-corrected chi connectivity index (χ0v) is 9.55. The normalized spacial score (nSPS) is 10.6. The highest BCUT2D eigenvalue weighted by Crippen LogP contribution is 2.11. The minimum Gasteiger partial charge on any atom is -0.478 e. The summed E-state index contributed by atoms with van der Waals surface area (Å²) in [5, 5.41) is 8.48. The Morgan fingerprint density at radius 3 is 2.56 bits per heavy atom. The van der Waals surface area contributed by atoms with Crippen LogP contribution in [0.2, 0.25) is 0 Å². The number of aromatic nitrogens is 1. The molecule has 0 aromatic carbocycles. The summed E-state index contributed by atoms with van der Waals surface area (Å²) in [5.74, 6) is -0.0368. The fourth-order valence-electron chi connectivity index (χ4n) is 1.40. The number of rotatable bonds is 5. The monoisotopic (exact) mass is 220 g/mol. The number of pyridine rings is 1. The second kappa shape index (κ2) is 5.90. The Kier molecular flexibility index (Phi) is 4.51. The van der Waals surface area contributed by atoms with Gasteiger partial charge in [-0.05, 0) is 37.6 Å². The summed E-state index contributed by atoms with van der Waals surface area (Å²) in [6.07, 6.45) is 4.31. The number of aliphatic carboxylic acids is 1. The highest BCUT2D eigenvalue weighted by atomic mass is 16.4. The lowest BCUT2D eigenvalue weighted by molar-refractivity contribution is -0.131. The minimum atomic E-state index is -0.951. The van der Waals surface area contributed by atoms with Gasteiger partial charge in [-0.25, -0.2) is 9.78 Å². The van der Waals surface area contributed by atoms with Crippen LogP contribution in [0.25, 0.3) is 6.08 Å². The Balaban J connectivity index is 2.78. The molecular formula is C12H16N2O2. The molecule has 86 valence electrons. The molecule has 0 atom stereocenters. The summed E-state index contributed by atoms with van der Waals surface area (Å²) in [7, 11) is 0. The largest absolute Gasteiger partial charge is 0.478 e. The topological polar surface area (TPSA) is 53.4 Å². The van der Waals surface area contributed by atoms with Crippen molar-refractivity contribution in [3.05, 3.63) is 30.0 Å². The van der Waals surface area contributed by atoms with Crippen molar-refractivity contribution in [3.63, 3.8) is 0 Å². The first-order chi connectivity index (χ1) is 7.67. The molecule has 0 fully saturated rings. The van der Waals surface area contributed by atoms with Gasteiger partial charge in [-0.2, -0.15) is 0 Å². The molecular weight excluding hydrogens is 204 g/mol. The average molecular weight is 220 g/mol. The summed E-state index contributed by atoms with van der Waals surface area (Å²) in [6.45, 7) is 5.97. The van der Waals surface area contributed by atoms with E-state index in [4.69, 9.17) is 5.11 Å². The van der Waals surface area contributed by atoms with Crippen molar-refractivity contribution in [2.24, 2.45) is 0 Å². The summed E-state index contributed by atoms with van der Waals surface area (Å²) in [6, 6.07) is 3.76. The predicted octanol–water partition coefficient (Wildman–Crippen LogP) is 2.03. The quantitative estimate of drug-likeness (QED) is 0.771. The molecule has 16 heavy (non-hydrogen) atoms. The lowest BCUT2D eigenvalue weighted by atomic mass is 10.2. The zero-order chi connectivity index (χ0) is 12.0. The Labute approximate surface area is 95.2 Å². The fraction of sp³-hybridized carbons (Fsp3) is 0.333. The van der Waals surface area contributed by atoms with Gasteiger partial charge in [0, 0.05) is 25.4 Å². The third-order valence-corrected chi connectivity index (χ3v) is 2.28. The summed E-state index contributed by atoms with van der Waals surface area (Å²) in [4.78, 5) is 16.7. The Morgan fingerprint density at radius 2 is 2.12 bits per heavy atom. The Hall–Kier alpha value is -1.84. The van der Waals surface area contributed by atoms with Gasteiger partial charge in [0.2, 0.25) is 0 Å². The van der Waals surface area contributed by atoms with Gasteiger partial charge in [0.15, 0.2) is 0 Å². The van der Waals surface area contributed by atoms with Crippen LogP contribution in [0, 0.1) is 0 Å². The molecule has 1 heterocycles. The summed E-state index contributed by atoms with van der Waals surface area (Å²) in [5.41, 5.74) is 0.790. The van der Waals surface area contributed by atoms with E-state index in [9.17, 15) is 4.79 Å². The summed E-state index contributed by atoms with van der Waals surface area (Å²) >= 11 is 0. The van der Waals surface area contributed by atoms with Gasteiger partial charge < -0.3 is 10.0 Å². The molecule has 1 aromatic heterocycles. The number of hydrogen-bond donors (Lipinski definition) is 1. The molecule has 4 heteroatoms. The van der Waals surface area contributed by atoms with Crippen LogP contribution in [0.15, 0.2) is 24.4 Å².